The van der Waals surface area contributed by atoms with Crippen molar-refractivity contribution >= 4 is 21.8 Å². The van der Waals surface area contributed by atoms with Crippen LogP contribution in [0.25, 0.3) is 0 Å². The van der Waals surface area contributed by atoms with Crippen LogP contribution in [0.15, 0.2) is 16.7 Å². The molecule has 0 saturated carbocycles. The Balaban J connectivity index is 2.96. The summed E-state index contributed by atoms with van der Waals surface area (Å²) in [5.41, 5.74) is 0.256. The van der Waals surface area contributed by atoms with Crippen LogP contribution in [0.2, 0.25) is 0 Å². The summed E-state index contributed by atoms with van der Waals surface area (Å²) in [6, 6.07) is 2.62. The average Bonchev–Trinajstić information content (AvgIpc) is 2.23. The van der Waals surface area contributed by atoms with Crippen molar-refractivity contribution < 1.29 is 9.18 Å². The lowest BCUT2D eigenvalue weighted by molar-refractivity contribution is 0.0767. The Morgan fingerprint density at radius 3 is 2.53 bits per heavy atom. The van der Waals surface area contributed by atoms with Gasteiger partial charge >= 0.3 is 0 Å². The molecule has 0 N–H and O–H groups in total. The molecule has 1 aromatic rings. The minimum absolute atomic E-state index is 0.0699. The Hall–Kier alpha value is -0.970. The van der Waals surface area contributed by atoms with E-state index >= 15 is 0 Å². The van der Waals surface area contributed by atoms with Gasteiger partial charge in [-0.15, -0.1) is 0 Å². The third-order valence-corrected chi connectivity index (χ3v) is 2.63. The third-order valence-electron chi connectivity index (χ3n) is 2.07. The van der Waals surface area contributed by atoms with Gasteiger partial charge in [-0.05, 0) is 41.9 Å². The second-order valence-corrected chi connectivity index (χ2v) is 3.70. The smallest absolute Gasteiger partial charge is 0.272 e. The van der Waals surface area contributed by atoms with Gasteiger partial charge in [-0.2, -0.15) is 0 Å². The quantitative estimate of drug-likeness (QED) is 0.794. The molecule has 0 aromatic carbocycles. The van der Waals surface area contributed by atoms with Crippen molar-refractivity contribution in [2.45, 2.75) is 13.8 Å². The first-order chi connectivity index (χ1) is 7.10. The summed E-state index contributed by atoms with van der Waals surface area (Å²) >= 11 is 2.95. The molecule has 5 heteroatoms. The number of hydrogen-bond acceptors (Lipinski definition) is 2. The molecule has 82 valence electrons. The fourth-order valence-electron chi connectivity index (χ4n) is 1.21. The molecule has 0 bridgehead atoms. The predicted molar refractivity (Wildman–Crippen MR) is 59.1 cm³/mol. The third kappa shape index (κ3) is 2.75. The van der Waals surface area contributed by atoms with Crippen LogP contribution in [0, 0.1) is 5.82 Å². The van der Waals surface area contributed by atoms with E-state index in [1.165, 1.54) is 12.1 Å². The van der Waals surface area contributed by atoms with Gasteiger partial charge in [0.05, 0.1) is 0 Å². The van der Waals surface area contributed by atoms with Gasteiger partial charge in [0.15, 0.2) is 5.82 Å². The van der Waals surface area contributed by atoms with E-state index in [0.29, 0.717) is 13.1 Å². The standard InChI is InChI=1S/C10H12BrFN2O/c1-3-14(4-2)10(15)8-6-5-7(12)9(11)13-8/h5-6H,3-4H2,1-2H3. The number of aromatic nitrogens is 1. The van der Waals surface area contributed by atoms with Crippen LogP contribution in [-0.4, -0.2) is 28.9 Å². The van der Waals surface area contributed by atoms with Gasteiger partial charge in [0.2, 0.25) is 0 Å². The number of pyridine rings is 1. The zero-order valence-electron chi connectivity index (χ0n) is 8.63. The van der Waals surface area contributed by atoms with Crippen molar-refractivity contribution in [3.8, 4) is 0 Å². The van der Waals surface area contributed by atoms with Gasteiger partial charge in [0.1, 0.15) is 10.3 Å². The SMILES string of the molecule is CCN(CC)C(=O)c1ccc(F)c(Br)n1. The van der Waals surface area contributed by atoms with Crippen LogP contribution in [0.3, 0.4) is 0 Å². The van der Waals surface area contributed by atoms with Crippen molar-refractivity contribution in [2.24, 2.45) is 0 Å². The Morgan fingerprint density at radius 2 is 2.07 bits per heavy atom. The molecule has 1 heterocycles. The molecule has 0 saturated heterocycles. The van der Waals surface area contributed by atoms with Crippen molar-refractivity contribution in [3.63, 3.8) is 0 Å². The highest BCUT2D eigenvalue weighted by atomic mass is 79.9. The van der Waals surface area contributed by atoms with E-state index in [2.05, 4.69) is 20.9 Å². The average molecular weight is 275 g/mol. The molecular weight excluding hydrogens is 263 g/mol. The van der Waals surface area contributed by atoms with E-state index in [1.807, 2.05) is 13.8 Å². The van der Waals surface area contributed by atoms with Crippen LogP contribution in [0.4, 0.5) is 4.39 Å². The van der Waals surface area contributed by atoms with E-state index in [0.717, 1.165) is 0 Å². The van der Waals surface area contributed by atoms with E-state index in [4.69, 9.17) is 0 Å². The van der Waals surface area contributed by atoms with E-state index < -0.39 is 5.82 Å². The van der Waals surface area contributed by atoms with Gasteiger partial charge in [0.25, 0.3) is 5.91 Å². The minimum Gasteiger partial charge on any atom is -0.338 e. The zero-order valence-corrected chi connectivity index (χ0v) is 10.2. The molecule has 0 atom stereocenters. The highest BCUT2D eigenvalue weighted by molar-refractivity contribution is 9.10. The molecule has 0 fully saturated rings. The highest BCUT2D eigenvalue weighted by Crippen LogP contribution is 2.13. The number of rotatable bonds is 3. The Morgan fingerprint density at radius 1 is 1.47 bits per heavy atom. The number of nitrogens with zero attached hydrogens (tertiary/aromatic N) is 2. The van der Waals surface area contributed by atoms with E-state index in [-0.39, 0.29) is 16.2 Å². The first-order valence-electron chi connectivity index (χ1n) is 4.71. The van der Waals surface area contributed by atoms with Gasteiger partial charge in [-0.1, -0.05) is 0 Å². The normalized spacial score (nSPS) is 10.1. The Bertz CT molecular complexity index is 366. The number of halogens is 2. The molecule has 0 unspecified atom stereocenters. The van der Waals surface area contributed by atoms with Crippen molar-refractivity contribution in [2.75, 3.05) is 13.1 Å². The minimum atomic E-state index is -0.467. The maximum absolute atomic E-state index is 12.9. The maximum atomic E-state index is 12.9. The van der Waals surface area contributed by atoms with Crippen LogP contribution < -0.4 is 0 Å². The Labute approximate surface area is 96.4 Å². The fraction of sp³-hybridized carbons (Fsp3) is 0.400. The molecule has 1 rings (SSSR count). The summed E-state index contributed by atoms with van der Waals surface area (Å²) < 4.78 is 13.0. The van der Waals surface area contributed by atoms with Gasteiger partial charge < -0.3 is 4.90 Å². The maximum Gasteiger partial charge on any atom is 0.272 e. The highest BCUT2D eigenvalue weighted by Gasteiger charge is 2.15. The van der Waals surface area contributed by atoms with Gasteiger partial charge in [-0.25, -0.2) is 9.37 Å². The van der Waals surface area contributed by atoms with Crippen molar-refractivity contribution in [1.29, 1.82) is 0 Å². The van der Waals surface area contributed by atoms with E-state index in [1.54, 1.807) is 4.90 Å². The summed E-state index contributed by atoms with van der Waals surface area (Å²) in [4.78, 5) is 17.3. The van der Waals surface area contributed by atoms with Crippen molar-refractivity contribution in [1.82, 2.24) is 9.88 Å². The molecule has 0 aliphatic carbocycles. The lowest BCUT2D eigenvalue weighted by atomic mass is 10.3. The summed E-state index contributed by atoms with van der Waals surface area (Å²) in [6.45, 7) is 5.01. The first kappa shape index (κ1) is 12.1. The van der Waals surface area contributed by atoms with Crippen LogP contribution >= 0.6 is 15.9 Å². The Kier molecular flexibility index (Phi) is 4.20. The van der Waals surface area contributed by atoms with Crippen LogP contribution in [0.1, 0.15) is 24.3 Å². The number of amides is 1. The molecule has 0 aliphatic rings. The number of carbonyl (C=O) groups is 1. The number of carbonyl (C=O) groups excluding carboxylic acids is 1. The van der Waals surface area contributed by atoms with Gasteiger partial charge in [0, 0.05) is 13.1 Å². The summed E-state index contributed by atoms with van der Waals surface area (Å²) in [5.74, 6) is -0.646. The molecular formula is C10H12BrFN2O. The topological polar surface area (TPSA) is 33.2 Å². The second-order valence-electron chi connectivity index (χ2n) is 2.95. The summed E-state index contributed by atoms with van der Waals surface area (Å²) in [7, 11) is 0. The molecule has 1 aromatic heterocycles. The monoisotopic (exact) mass is 274 g/mol. The fourth-order valence-corrected chi connectivity index (χ4v) is 1.53. The molecule has 0 aliphatic heterocycles. The second kappa shape index (κ2) is 5.21. The lowest BCUT2D eigenvalue weighted by Gasteiger charge is -2.17. The van der Waals surface area contributed by atoms with Gasteiger partial charge in [-0.3, -0.25) is 4.79 Å². The first-order valence-corrected chi connectivity index (χ1v) is 5.50. The van der Waals surface area contributed by atoms with Crippen LogP contribution in [-0.2, 0) is 0 Å². The molecule has 1 amide bonds. The van der Waals surface area contributed by atoms with Crippen molar-refractivity contribution in [3.05, 3.63) is 28.2 Å². The van der Waals surface area contributed by atoms with Crippen LogP contribution in [0.5, 0.6) is 0 Å². The predicted octanol–water partition coefficient (Wildman–Crippen LogP) is 2.47. The summed E-state index contributed by atoms with van der Waals surface area (Å²) in [6.07, 6.45) is 0. The summed E-state index contributed by atoms with van der Waals surface area (Å²) in [5, 5.41) is 0. The molecule has 15 heavy (non-hydrogen) atoms. The van der Waals surface area contributed by atoms with E-state index in [9.17, 15) is 9.18 Å². The number of hydrogen-bond donors (Lipinski definition) is 0. The largest absolute Gasteiger partial charge is 0.338 e. The zero-order chi connectivity index (χ0) is 11.4. The molecule has 3 nitrogen and oxygen atoms in total. The molecule has 0 radical (unpaired) electrons. The lowest BCUT2D eigenvalue weighted by Crippen LogP contribution is -2.31. The molecule has 0 spiro atoms.